The number of morpholine rings is 1. The Morgan fingerprint density at radius 3 is 2.63 bits per heavy atom. The number of piperidine rings is 1. The highest BCUT2D eigenvalue weighted by Crippen LogP contribution is 2.33. The van der Waals surface area contributed by atoms with E-state index >= 15 is 0 Å². The maximum absolute atomic E-state index is 13.5. The van der Waals surface area contributed by atoms with Crippen LogP contribution in [0, 0.1) is 0 Å². The van der Waals surface area contributed by atoms with Crippen molar-refractivity contribution >= 4 is 34.7 Å². The number of oxazole rings is 1. The van der Waals surface area contributed by atoms with Crippen LogP contribution < -0.4 is 15.1 Å². The molecule has 3 aliphatic heterocycles. The molecule has 0 radical (unpaired) electrons. The largest absolute Gasteiger partial charge is 0.422 e. The van der Waals surface area contributed by atoms with Crippen LogP contribution in [0.1, 0.15) is 55.2 Å². The van der Waals surface area contributed by atoms with E-state index in [2.05, 4.69) is 30.2 Å². The monoisotopic (exact) mass is 558 g/mol. The summed E-state index contributed by atoms with van der Waals surface area (Å²) in [5.74, 6) is 0.388. The molecule has 3 saturated heterocycles. The van der Waals surface area contributed by atoms with E-state index in [1.54, 1.807) is 12.3 Å². The van der Waals surface area contributed by atoms with Gasteiger partial charge in [-0.15, -0.1) is 0 Å². The van der Waals surface area contributed by atoms with E-state index in [1.807, 2.05) is 29.1 Å². The summed E-state index contributed by atoms with van der Waals surface area (Å²) in [6.07, 6.45) is 10.1. The third-order valence-corrected chi connectivity index (χ3v) is 7.87. The van der Waals surface area contributed by atoms with Crippen LogP contribution in [0.5, 0.6) is 0 Å². The van der Waals surface area contributed by atoms with Gasteiger partial charge in [-0.25, -0.2) is 14.6 Å². The van der Waals surface area contributed by atoms with Crippen LogP contribution in [0.25, 0.3) is 22.5 Å². The fraction of sp³-hybridized carbons (Fsp3) is 0.483. The van der Waals surface area contributed by atoms with Crippen LogP contribution >= 0.6 is 0 Å². The van der Waals surface area contributed by atoms with Crippen LogP contribution in [0.3, 0.4) is 0 Å². The number of nitrogens with one attached hydrogen (secondary N) is 1. The van der Waals surface area contributed by atoms with Crippen molar-refractivity contribution in [2.75, 3.05) is 61.1 Å². The van der Waals surface area contributed by atoms with Gasteiger partial charge in [-0.1, -0.05) is 6.07 Å². The van der Waals surface area contributed by atoms with Gasteiger partial charge in [0.05, 0.1) is 30.8 Å². The van der Waals surface area contributed by atoms with Crippen molar-refractivity contribution in [3.63, 3.8) is 0 Å². The first-order chi connectivity index (χ1) is 20.2. The zero-order chi connectivity index (χ0) is 27.6. The van der Waals surface area contributed by atoms with Crippen LogP contribution in [0.4, 0.5) is 17.5 Å². The molecule has 214 valence electrons. The number of rotatable bonds is 6. The van der Waals surface area contributed by atoms with Crippen molar-refractivity contribution in [2.45, 2.75) is 44.8 Å². The van der Waals surface area contributed by atoms with Gasteiger partial charge in [-0.05, 0) is 50.7 Å². The van der Waals surface area contributed by atoms with Gasteiger partial charge in [0, 0.05) is 50.6 Å². The van der Waals surface area contributed by atoms with Gasteiger partial charge in [0.15, 0.2) is 11.4 Å². The maximum Gasteiger partial charge on any atom is 0.300 e. The Kier molecular flexibility index (Phi) is 7.24. The molecule has 0 spiro atoms. The second-order valence-electron chi connectivity index (χ2n) is 10.7. The Hall–Kier alpha value is -4.03. The lowest BCUT2D eigenvalue weighted by atomic mass is 10.1. The van der Waals surface area contributed by atoms with Crippen molar-refractivity contribution in [3.8, 4) is 11.3 Å². The van der Waals surface area contributed by atoms with E-state index in [9.17, 15) is 4.79 Å². The summed E-state index contributed by atoms with van der Waals surface area (Å²) in [4.78, 5) is 32.0. The Morgan fingerprint density at radius 2 is 1.80 bits per heavy atom. The lowest BCUT2D eigenvalue weighted by molar-refractivity contribution is -0.0394. The molecule has 7 rings (SSSR count). The summed E-state index contributed by atoms with van der Waals surface area (Å²) < 4.78 is 19.3. The molecular weight excluding hydrogens is 524 g/mol. The summed E-state index contributed by atoms with van der Waals surface area (Å²) in [6, 6.07) is 7.79. The topological polar surface area (TPSA) is 124 Å². The van der Waals surface area contributed by atoms with Gasteiger partial charge >= 0.3 is 0 Å². The number of pyridine rings is 2. The summed E-state index contributed by atoms with van der Waals surface area (Å²) in [5, 5.41) is 7.57. The third kappa shape index (κ3) is 5.49. The normalized spacial score (nSPS) is 20.0. The van der Waals surface area contributed by atoms with E-state index in [0.717, 1.165) is 57.4 Å². The number of aromatic nitrogens is 5. The maximum atomic E-state index is 13.5. The molecule has 0 saturated carbocycles. The molecule has 12 nitrogen and oxygen atoms in total. The minimum atomic E-state index is -0.317. The number of anilines is 3. The van der Waals surface area contributed by atoms with Gasteiger partial charge in [0.25, 0.3) is 11.9 Å². The van der Waals surface area contributed by atoms with Crippen LogP contribution in [0.15, 0.2) is 41.1 Å². The van der Waals surface area contributed by atoms with E-state index in [4.69, 9.17) is 18.9 Å². The number of hydrogen-bond acceptors (Lipinski definition) is 10. The SMILES string of the molecule is O=C(Nc1cc2oc(N3CCOCC3)nc2nc1N1CCCCC1)c1cccc(-c2cnn(C3CCCCO3)c2)n1. The lowest BCUT2D eigenvalue weighted by Crippen LogP contribution is -2.36. The average Bonchev–Trinajstić information content (AvgIpc) is 3.70. The standard InChI is InChI=1S/C29H34N8O4/c38-28(22-8-6-7-21(31-22)20-18-30-37(19-20)25-9-2-5-14-40-25)32-23-17-24-26(33-27(23)35-10-3-1-4-11-35)34-29(41-24)36-12-15-39-16-13-36/h6-8,17-19,25H,1-5,9-16H2,(H,32,38). The number of amides is 1. The highest BCUT2D eigenvalue weighted by atomic mass is 16.5. The highest BCUT2D eigenvalue weighted by Gasteiger charge is 2.24. The molecule has 41 heavy (non-hydrogen) atoms. The molecule has 12 heteroatoms. The first-order valence-corrected chi connectivity index (χ1v) is 14.5. The summed E-state index contributed by atoms with van der Waals surface area (Å²) >= 11 is 0. The second kappa shape index (κ2) is 11.5. The Bertz CT molecular complexity index is 1520. The minimum absolute atomic E-state index is 0.0561. The number of carbonyl (C=O) groups is 1. The smallest absolute Gasteiger partial charge is 0.300 e. The average molecular weight is 559 g/mol. The molecule has 4 aromatic rings. The third-order valence-electron chi connectivity index (χ3n) is 7.87. The van der Waals surface area contributed by atoms with Crippen molar-refractivity contribution < 1.29 is 18.7 Å². The second-order valence-corrected chi connectivity index (χ2v) is 10.7. The molecule has 3 aliphatic rings. The molecule has 0 aromatic carbocycles. The van der Waals surface area contributed by atoms with E-state index in [-0.39, 0.29) is 12.1 Å². The summed E-state index contributed by atoms with van der Waals surface area (Å²) in [5.41, 5.74) is 3.47. The summed E-state index contributed by atoms with van der Waals surface area (Å²) in [6.45, 7) is 5.18. The van der Waals surface area contributed by atoms with Gasteiger partial charge < -0.3 is 29.0 Å². The highest BCUT2D eigenvalue weighted by molar-refractivity contribution is 6.05. The molecule has 0 bridgehead atoms. The lowest BCUT2D eigenvalue weighted by Gasteiger charge is -2.29. The zero-order valence-electron chi connectivity index (χ0n) is 23.0. The molecule has 1 N–H and O–H groups in total. The van der Waals surface area contributed by atoms with Crippen LogP contribution in [-0.4, -0.2) is 76.6 Å². The zero-order valence-corrected chi connectivity index (χ0v) is 23.0. The molecular formula is C29H34N8O4. The van der Waals surface area contributed by atoms with Crippen molar-refractivity contribution in [2.24, 2.45) is 0 Å². The van der Waals surface area contributed by atoms with Gasteiger partial charge in [0.1, 0.15) is 11.9 Å². The summed E-state index contributed by atoms with van der Waals surface area (Å²) in [7, 11) is 0. The predicted octanol–water partition coefficient (Wildman–Crippen LogP) is 4.26. The van der Waals surface area contributed by atoms with Crippen molar-refractivity contribution in [3.05, 3.63) is 42.4 Å². The molecule has 7 heterocycles. The van der Waals surface area contributed by atoms with Gasteiger partial charge in [0.2, 0.25) is 5.65 Å². The molecule has 1 unspecified atom stereocenters. The minimum Gasteiger partial charge on any atom is -0.422 e. The molecule has 3 fully saturated rings. The van der Waals surface area contributed by atoms with E-state index in [1.165, 1.54) is 6.42 Å². The molecule has 1 atom stereocenters. The first-order valence-electron chi connectivity index (χ1n) is 14.5. The number of carbonyl (C=O) groups excluding carboxylic acids is 1. The predicted molar refractivity (Wildman–Crippen MR) is 153 cm³/mol. The van der Waals surface area contributed by atoms with Crippen molar-refractivity contribution in [1.82, 2.24) is 24.7 Å². The first kappa shape index (κ1) is 25.9. The number of fused-ring (bicyclic) bond motifs is 1. The quantitative estimate of drug-likeness (QED) is 0.367. The van der Waals surface area contributed by atoms with Crippen LogP contribution in [0.2, 0.25) is 0 Å². The van der Waals surface area contributed by atoms with Crippen molar-refractivity contribution in [1.29, 1.82) is 0 Å². The fourth-order valence-corrected chi connectivity index (χ4v) is 5.64. The van der Waals surface area contributed by atoms with E-state index < -0.39 is 0 Å². The Balaban J connectivity index is 1.16. The fourth-order valence-electron chi connectivity index (χ4n) is 5.64. The Morgan fingerprint density at radius 1 is 0.927 bits per heavy atom. The van der Waals surface area contributed by atoms with Gasteiger partial charge in [-0.3, -0.25) is 4.79 Å². The number of nitrogens with zero attached hydrogens (tertiary/aromatic N) is 7. The number of hydrogen-bond donors (Lipinski definition) is 1. The molecule has 0 aliphatic carbocycles. The molecule has 1 amide bonds. The Labute approximate surface area is 237 Å². The van der Waals surface area contributed by atoms with Gasteiger partial charge in [-0.2, -0.15) is 10.1 Å². The molecule has 4 aromatic heterocycles. The van der Waals surface area contributed by atoms with E-state index in [0.29, 0.717) is 66.4 Å². The number of ether oxygens (including phenoxy) is 2. The van der Waals surface area contributed by atoms with Crippen LogP contribution in [-0.2, 0) is 9.47 Å².